The van der Waals surface area contributed by atoms with Crippen molar-refractivity contribution >= 4 is 5.69 Å². The molecule has 2 unspecified atom stereocenters. The van der Waals surface area contributed by atoms with Gasteiger partial charge in [0.05, 0.1) is 0 Å². The molecule has 0 radical (unpaired) electrons. The lowest BCUT2D eigenvalue weighted by Crippen LogP contribution is -2.36. The van der Waals surface area contributed by atoms with Gasteiger partial charge in [0, 0.05) is 37.4 Å². The van der Waals surface area contributed by atoms with E-state index in [4.69, 9.17) is 5.73 Å². The van der Waals surface area contributed by atoms with Crippen LogP contribution in [0.15, 0.2) is 24.3 Å². The lowest BCUT2D eigenvalue weighted by molar-refractivity contribution is 0.273. The highest BCUT2D eigenvalue weighted by Gasteiger charge is 2.28. The Kier molecular flexibility index (Phi) is 4.81. The summed E-state index contributed by atoms with van der Waals surface area (Å²) < 4.78 is 0. The predicted octanol–water partition coefficient (Wildman–Crippen LogP) is 2.64. The Bertz CT molecular complexity index is 442. The van der Waals surface area contributed by atoms with Crippen LogP contribution < -0.4 is 10.6 Å². The van der Waals surface area contributed by atoms with Gasteiger partial charge in [0.15, 0.2) is 0 Å². The van der Waals surface area contributed by atoms with Crippen molar-refractivity contribution in [2.75, 3.05) is 31.1 Å². The number of hydrogen-bond acceptors (Lipinski definition) is 3. The first-order chi connectivity index (χ1) is 10.3. The van der Waals surface area contributed by atoms with Crippen molar-refractivity contribution in [2.24, 2.45) is 5.73 Å². The normalized spacial score (nSPS) is 24.7. The van der Waals surface area contributed by atoms with E-state index in [-0.39, 0.29) is 0 Å². The molecular weight excluding hydrogens is 258 g/mol. The molecule has 0 aromatic heterocycles. The van der Waals surface area contributed by atoms with Gasteiger partial charge in [-0.2, -0.15) is 0 Å². The molecule has 0 aliphatic carbocycles. The van der Waals surface area contributed by atoms with E-state index < -0.39 is 0 Å². The van der Waals surface area contributed by atoms with Gasteiger partial charge in [-0.15, -0.1) is 0 Å². The van der Waals surface area contributed by atoms with E-state index in [0.717, 1.165) is 18.9 Å². The standard InChI is InChI=1S/C18H29N3/c1-2-16(19)13-15-6-8-17(9-7-15)21-12-4-11-20-10-3-5-18(20)14-21/h6-9,16,18H,2-5,10-14,19H2,1H3. The molecule has 3 heteroatoms. The molecule has 3 nitrogen and oxygen atoms in total. The number of benzene rings is 1. The Morgan fingerprint density at radius 2 is 1.90 bits per heavy atom. The van der Waals surface area contributed by atoms with Gasteiger partial charge in [0.2, 0.25) is 0 Å². The van der Waals surface area contributed by atoms with Crippen LogP contribution in [0, 0.1) is 0 Å². The minimum absolute atomic E-state index is 0.293. The first kappa shape index (κ1) is 14.9. The molecule has 2 N–H and O–H groups in total. The van der Waals surface area contributed by atoms with Crippen molar-refractivity contribution in [3.05, 3.63) is 29.8 Å². The average Bonchev–Trinajstić information content (AvgIpc) is 2.85. The number of fused-ring (bicyclic) bond motifs is 1. The van der Waals surface area contributed by atoms with E-state index in [9.17, 15) is 0 Å². The Morgan fingerprint density at radius 1 is 1.14 bits per heavy atom. The van der Waals surface area contributed by atoms with E-state index in [1.54, 1.807) is 0 Å². The van der Waals surface area contributed by atoms with Gasteiger partial charge in [-0.05, 0) is 56.3 Å². The third-order valence-electron chi connectivity index (χ3n) is 5.13. The van der Waals surface area contributed by atoms with Crippen LogP contribution in [0.3, 0.4) is 0 Å². The van der Waals surface area contributed by atoms with Crippen molar-refractivity contribution in [1.29, 1.82) is 0 Å². The highest BCUT2D eigenvalue weighted by Crippen LogP contribution is 2.25. The number of nitrogens with two attached hydrogens (primary N) is 1. The summed E-state index contributed by atoms with van der Waals surface area (Å²) in [4.78, 5) is 5.27. The lowest BCUT2D eigenvalue weighted by atomic mass is 10.0. The van der Waals surface area contributed by atoms with Gasteiger partial charge in [0.1, 0.15) is 0 Å². The topological polar surface area (TPSA) is 32.5 Å². The molecule has 116 valence electrons. The molecule has 2 fully saturated rings. The van der Waals surface area contributed by atoms with Gasteiger partial charge < -0.3 is 10.6 Å². The largest absolute Gasteiger partial charge is 0.370 e. The number of rotatable bonds is 4. The maximum atomic E-state index is 6.05. The Labute approximate surface area is 129 Å². The molecule has 2 heterocycles. The smallest absolute Gasteiger partial charge is 0.0366 e. The van der Waals surface area contributed by atoms with Crippen molar-refractivity contribution in [1.82, 2.24) is 4.90 Å². The van der Waals surface area contributed by atoms with Crippen LogP contribution >= 0.6 is 0 Å². The lowest BCUT2D eigenvalue weighted by Gasteiger charge is -2.27. The molecule has 3 rings (SSSR count). The predicted molar refractivity (Wildman–Crippen MR) is 89.8 cm³/mol. The Morgan fingerprint density at radius 3 is 2.67 bits per heavy atom. The highest BCUT2D eigenvalue weighted by molar-refractivity contribution is 5.48. The maximum Gasteiger partial charge on any atom is 0.0366 e. The quantitative estimate of drug-likeness (QED) is 0.924. The van der Waals surface area contributed by atoms with Gasteiger partial charge in [-0.3, -0.25) is 4.90 Å². The molecule has 2 atom stereocenters. The fraction of sp³-hybridized carbons (Fsp3) is 0.667. The van der Waals surface area contributed by atoms with Crippen molar-refractivity contribution < 1.29 is 0 Å². The molecule has 21 heavy (non-hydrogen) atoms. The molecule has 0 saturated carbocycles. The van der Waals surface area contributed by atoms with Crippen LogP contribution in [0.1, 0.15) is 38.2 Å². The summed E-state index contributed by atoms with van der Waals surface area (Å²) in [5.74, 6) is 0. The third kappa shape index (κ3) is 3.58. The first-order valence-electron chi connectivity index (χ1n) is 8.60. The minimum atomic E-state index is 0.293. The van der Waals surface area contributed by atoms with E-state index in [1.807, 2.05) is 0 Å². The average molecular weight is 287 g/mol. The number of nitrogens with zero attached hydrogens (tertiary/aromatic N) is 2. The zero-order valence-electron chi connectivity index (χ0n) is 13.3. The summed E-state index contributed by atoms with van der Waals surface area (Å²) in [5, 5.41) is 0. The van der Waals surface area contributed by atoms with E-state index in [2.05, 4.69) is 41.0 Å². The molecule has 2 aliphatic rings. The molecule has 2 aliphatic heterocycles. The monoisotopic (exact) mass is 287 g/mol. The van der Waals surface area contributed by atoms with Gasteiger partial charge in [-0.25, -0.2) is 0 Å². The summed E-state index contributed by atoms with van der Waals surface area (Å²) in [6.07, 6.45) is 6.09. The van der Waals surface area contributed by atoms with Crippen molar-refractivity contribution in [3.8, 4) is 0 Å². The van der Waals surface area contributed by atoms with Crippen LogP contribution in [-0.2, 0) is 6.42 Å². The number of hydrogen-bond donors (Lipinski definition) is 1. The SMILES string of the molecule is CCC(N)Cc1ccc(N2CCCN3CCCC3C2)cc1. The van der Waals surface area contributed by atoms with Gasteiger partial charge in [-0.1, -0.05) is 19.1 Å². The van der Waals surface area contributed by atoms with Gasteiger partial charge >= 0.3 is 0 Å². The molecule has 0 spiro atoms. The number of anilines is 1. The second-order valence-corrected chi connectivity index (χ2v) is 6.67. The van der Waals surface area contributed by atoms with Gasteiger partial charge in [0.25, 0.3) is 0 Å². The summed E-state index contributed by atoms with van der Waals surface area (Å²) in [6.45, 7) is 7.15. The molecule has 2 saturated heterocycles. The minimum Gasteiger partial charge on any atom is -0.370 e. The van der Waals surface area contributed by atoms with Crippen molar-refractivity contribution in [2.45, 2.75) is 51.1 Å². The maximum absolute atomic E-state index is 6.05. The van der Waals surface area contributed by atoms with Crippen LogP contribution in [0.25, 0.3) is 0 Å². The van der Waals surface area contributed by atoms with E-state index in [0.29, 0.717) is 6.04 Å². The summed E-state index contributed by atoms with van der Waals surface area (Å²) >= 11 is 0. The van der Waals surface area contributed by atoms with Crippen LogP contribution in [-0.4, -0.2) is 43.2 Å². The highest BCUT2D eigenvalue weighted by atomic mass is 15.3. The second kappa shape index (κ2) is 6.80. The first-order valence-corrected chi connectivity index (χ1v) is 8.60. The molecule has 0 bridgehead atoms. The van der Waals surface area contributed by atoms with E-state index >= 15 is 0 Å². The zero-order valence-corrected chi connectivity index (χ0v) is 13.3. The third-order valence-corrected chi connectivity index (χ3v) is 5.13. The summed E-state index contributed by atoms with van der Waals surface area (Å²) in [7, 11) is 0. The molecule has 1 aromatic carbocycles. The molecule has 1 aromatic rings. The second-order valence-electron chi connectivity index (χ2n) is 6.67. The molecular formula is C18H29N3. The summed E-state index contributed by atoms with van der Waals surface area (Å²) in [5.41, 5.74) is 8.80. The Hall–Kier alpha value is -1.06. The molecule has 0 amide bonds. The zero-order chi connectivity index (χ0) is 14.7. The van der Waals surface area contributed by atoms with Crippen LogP contribution in [0.4, 0.5) is 5.69 Å². The van der Waals surface area contributed by atoms with Crippen LogP contribution in [0.5, 0.6) is 0 Å². The van der Waals surface area contributed by atoms with Crippen molar-refractivity contribution in [3.63, 3.8) is 0 Å². The van der Waals surface area contributed by atoms with E-state index in [1.165, 1.54) is 56.7 Å². The Balaban J connectivity index is 1.65. The van der Waals surface area contributed by atoms with Crippen LogP contribution in [0.2, 0.25) is 0 Å². The fourth-order valence-electron chi connectivity index (χ4n) is 3.73. The fourth-order valence-corrected chi connectivity index (χ4v) is 3.73. The summed E-state index contributed by atoms with van der Waals surface area (Å²) in [6, 6.07) is 10.2.